The Morgan fingerprint density at radius 2 is 2.25 bits per heavy atom. The summed E-state index contributed by atoms with van der Waals surface area (Å²) in [6.45, 7) is 3.91. The normalized spacial score (nSPS) is 10.2. The van der Waals surface area contributed by atoms with Crippen molar-refractivity contribution in [2.24, 2.45) is 0 Å². The minimum absolute atomic E-state index is 0.0931. The zero-order valence-corrected chi connectivity index (χ0v) is 8.03. The number of rotatable bonds is 3. The van der Waals surface area contributed by atoms with Crippen LogP contribution in [0, 0.1) is 13.8 Å². The highest BCUT2D eigenvalue weighted by molar-refractivity contribution is 6.19. The summed E-state index contributed by atoms with van der Waals surface area (Å²) in [5.74, 6) is 0.478. The van der Waals surface area contributed by atoms with Crippen LogP contribution in [0.3, 0.4) is 0 Å². The molecule has 3 heteroatoms. The van der Waals surface area contributed by atoms with E-state index in [1.807, 2.05) is 20.0 Å². The Labute approximate surface area is 76.9 Å². The zero-order valence-electron chi connectivity index (χ0n) is 7.28. The number of hydrogen-bond donors (Lipinski definition) is 1. The maximum Gasteiger partial charge on any atom is 0.180 e. The lowest BCUT2D eigenvalue weighted by Gasteiger charge is -1.96. The second kappa shape index (κ2) is 3.76. The average Bonchev–Trinajstić information content (AvgIpc) is 2.34. The molecular formula is C9H12ClNO. The van der Waals surface area contributed by atoms with Crippen LogP contribution in [-0.4, -0.2) is 16.6 Å². The second-order valence-electron chi connectivity index (χ2n) is 2.83. The Morgan fingerprint density at radius 3 is 2.67 bits per heavy atom. The number of halogens is 1. The fourth-order valence-corrected chi connectivity index (χ4v) is 1.27. The van der Waals surface area contributed by atoms with Gasteiger partial charge in [-0.2, -0.15) is 0 Å². The average molecular weight is 186 g/mol. The number of hydrogen-bond acceptors (Lipinski definition) is 1. The van der Waals surface area contributed by atoms with Crippen molar-refractivity contribution in [1.29, 1.82) is 0 Å². The van der Waals surface area contributed by atoms with Crippen LogP contribution < -0.4 is 0 Å². The van der Waals surface area contributed by atoms with Crippen molar-refractivity contribution < 1.29 is 4.79 Å². The van der Waals surface area contributed by atoms with E-state index in [-0.39, 0.29) is 5.78 Å². The second-order valence-corrected chi connectivity index (χ2v) is 3.21. The highest BCUT2D eigenvalue weighted by Gasteiger charge is 2.10. The van der Waals surface area contributed by atoms with E-state index in [9.17, 15) is 4.79 Å². The van der Waals surface area contributed by atoms with Crippen LogP contribution in [0.4, 0.5) is 0 Å². The van der Waals surface area contributed by atoms with Crippen LogP contribution >= 0.6 is 11.6 Å². The van der Waals surface area contributed by atoms with Gasteiger partial charge in [-0.05, 0) is 25.0 Å². The smallest absolute Gasteiger partial charge is 0.180 e. The molecule has 1 aromatic heterocycles. The fraction of sp³-hybridized carbons (Fsp3) is 0.444. The van der Waals surface area contributed by atoms with Gasteiger partial charge in [-0.15, -0.1) is 11.6 Å². The first kappa shape index (κ1) is 9.33. The minimum Gasteiger partial charge on any atom is -0.358 e. The third-order valence-electron chi connectivity index (χ3n) is 2.00. The SMILES string of the molecule is Cc1c[nH]c(C(=O)CCCl)c1C. The molecule has 66 valence electrons. The highest BCUT2D eigenvalue weighted by Crippen LogP contribution is 2.13. The van der Waals surface area contributed by atoms with Gasteiger partial charge in [0, 0.05) is 18.5 Å². The van der Waals surface area contributed by atoms with Gasteiger partial charge in [0.2, 0.25) is 0 Å². The molecule has 1 aromatic rings. The summed E-state index contributed by atoms with van der Waals surface area (Å²) in [4.78, 5) is 14.3. The number of H-pyrrole nitrogens is 1. The standard InChI is InChI=1S/C9H12ClNO/c1-6-5-11-9(7(6)2)8(12)3-4-10/h5,11H,3-4H2,1-2H3. The highest BCUT2D eigenvalue weighted by atomic mass is 35.5. The Bertz CT molecular complexity index is 291. The van der Waals surface area contributed by atoms with Crippen molar-refractivity contribution in [3.05, 3.63) is 23.0 Å². The van der Waals surface area contributed by atoms with Crippen molar-refractivity contribution in [1.82, 2.24) is 4.98 Å². The van der Waals surface area contributed by atoms with E-state index in [1.54, 1.807) is 0 Å². The number of alkyl halides is 1. The van der Waals surface area contributed by atoms with Crippen molar-refractivity contribution in [2.75, 3.05) is 5.88 Å². The first-order chi connectivity index (χ1) is 5.66. The Balaban J connectivity index is 2.88. The third kappa shape index (κ3) is 1.69. The molecule has 0 aliphatic rings. The number of aromatic amines is 1. The molecule has 0 saturated heterocycles. The van der Waals surface area contributed by atoms with Crippen LogP contribution in [0.15, 0.2) is 6.20 Å². The van der Waals surface area contributed by atoms with Crippen molar-refractivity contribution >= 4 is 17.4 Å². The molecule has 0 atom stereocenters. The molecule has 0 amide bonds. The maximum atomic E-state index is 11.4. The van der Waals surface area contributed by atoms with Crippen LogP contribution in [0.1, 0.15) is 28.0 Å². The van der Waals surface area contributed by atoms with Gasteiger partial charge in [-0.1, -0.05) is 0 Å². The first-order valence-corrected chi connectivity index (χ1v) is 4.44. The molecule has 0 unspecified atom stereocenters. The molecule has 1 N–H and O–H groups in total. The number of ketones is 1. The molecule has 1 heterocycles. The summed E-state index contributed by atoms with van der Waals surface area (Å²) in [5.41, 5.74) is 2.85. The molecule has 0 fully saturated rings. The summed E-state index contributed by atoms with van der Waals surface area (Å²) in [5, 5.41) is 0. The molecule has 1 rings (SSSR count). The van der Waals surface area contributed by atoms with Gasteiger partial charge >= 0.3 is 0 Å². The largest absolute Gasteiger partial charge is 0.358 e. The summed E-state index contributed by atoms with van der Waals surface area (Å²) in [6.07, 6.45) is 2.25. The van der Waals surface area contributed by atoms with Gasteiger partial charge in [-0.3, -0.25) is 4.79 Å². The van der Waals surface area contributed by atoms with E-state index < -0.39 is 0 Å². The summed E-state index contributed by atoms with van der Waals surface area (Å²) in [7, 11) is 0. The van der Waals surface area contributed by atoms with Gasteiger partial charge < -0.3 is 4.98 Å². The molecule has 12 heavy (non-hydrogen) atoms. The molecule has 0 bridgehead atoms. The molecule has 0 aromatic carbocycles. The summed E-state index contributed by atoms with van der Waals surface area (Å²) >= 11 is 5.47. The predicted molar refractivity (Wildman–Crippen MR) is 49.9 cm³/mol. The summed E-state index contributed by atoms with van der Waals surface area (Å²) < 4.78 is 0. The minimum atomic E-state index is 0.0931. The van der Waals surface area contributed by atoms with E-state index in [0.29, 0.717) is 18.0 Å². The first-order valence-electron chi connectivity index (χ1n) is 3.90. The molecule has 0 aliphatic carbocycles. The molecular weight excluding hydrogens is 174 g/mol. The maximum absolute atomic E-state index is 11.4. The van der Waals surface area contributed by atoms with Gasteiger partial charge in [0.25, 0.3) is 0 Å². The van der Waals surface area contributed by atoms with Gasteiger partial charge in [0.15, 0.2) is 5.78 Å². The van der Waals surface area contributed by atoms with Crippen LogP contribution in [0.25, 0.3) is 0 Å². The van der Waals surface area contributed by atoms with E-state index >= 15 is 0 Å². The number of carbonyl (C=O) groups is 1. The number of aryl methyl sites for hydroxylation is 1. The Morgan fingerprint density at radius 1 is 1.58 bits per heavy atom. The monoisotopic (exact) mass is 185 g/mol. The van der Waals surface area contributed by atoms with Crippen molar-refractivity contribution in [3.63, 3.8) is 0 Å². The van der Waals surface area contributed by atoms with Crippen molar-refractivity contribution in [2.45, 2.75) is 20.3 Å². The Kier molecular flexibility index (Phi) is 2.93. The molecule has 0 aliphatic heterocycles. The van der Waals surface area contributed by atoms with Crippen molar-refractivity contribution in [3.8, 4) is 0 Å². The number of carbonyl (C=O) groups excluding carboxylic acids is 1. The molecule has 0 radical (unpaired) electrons. The molecule has 0 saturated carbocycles. The van der Waals surface area contributed by atoms with Gasteiger partial charge in [0.1, 0.15) is 0 Å². The van der Waals surface area contributed by atoms with Crippen LogP contribution in [0.2, 0.25) is 0 Å². The van der Waals surface area contributed by atoms with E-state index in [1.165, 1.54) is 0 Å². The number of Topliss-reactive ketones (excluding diaryl/α,β-unsaturated/α-hetero) is 1. The zero-order chi connectivity index (χ0) is 9.14. The van der Waals surface area contributed by atoms with Crippen LogP contribution in [-0.2, 0) is 0 Å². The topological polar surface area (TPSA) is 32.9 Å². The molecule has 0 spiro atoms. The van der Waals surface area contributed by atoms with Gasteiger partial charge in [-0.25, -0.2) is 0 Å². The molecule has 2 nitrogen and oxygen atoms in total. The number of aromatic nitrogens is 1. The third-order valence-corrected chi connectivity index (χ3v) is 2.19. The lowest BCUT2D eigenvalue weighted by atomic mass is 10.1. The fourth-order valence-electron chi connectivity index (χ4n) is 1.09. The Hall–Kier alpha value is -0.760. The van der Waals surface area contributed by atoms with Crippen LogP contribution in [0.5, 0.6) is 0 Å². The predicted octanol–water partition coefficient (Wildman–Crippen LogP) is 2.44. The number of nitrogens with one attached hydrogen (secondary N) is 1. The lowest BCUT2D eigenvalue weighted by Crippen LogP contribution is -2.01. The van der Waals surface area contributed by atoms with Gasteiger partial charge in [0.05, 0.1) is 5.69 Å². The van der Waals surface area contributed by atoms with E-state index in [2.05, 4.69) is 4.98 Å². The lowest BCUT2D eigenvalue weighted by molar-refractivity contribution is 0.0984. The van der Waals surface area contributed by atoms with E-state index in [4.69, 9.17) is 11.6 Å². The summed E-state index contributed by atoms with van der Waals surface area (Å²) in [6, 6.07) is 0. The quantitative estimate of drug-likeness (QED) is 0.570. The van der Waals surface area contributed by atoms with E-state index in [0.717, 1.165) is 11.1 Å².